The topological polar surface area (TPSA) is 63.1 Å². The summed E-state index contributed by atoms with van der Waals surface area (Å²) in [5.74, 6) is 0.0833. The minimum atomic E-state index is -0.335. The maximum atomic E-state index is 13.7. The van der Waals surface area contributed by atoms with Crippen molar-refractivity contribution in [2.75, 3.05) is 38.1 Å². The second-order valence-electron chi connectivity index (χ2n) is 9.37. The van der Waals surface area contributed by atoms with Crippen molar-refractivity contribution in [2.45, 2.75) is 32.6 Å². The summed E-state index contributed by atoms with van der Waals surface area (Å²) in [5, 5.41) is 10.2. The van der Waals surface area contributed by atoms with Crippen LogP contribution in [0.25, 0.3) is 10.9 Å². The van der Waals surface area contributed by atoms with E-state index in [1.165, 1.54) is 11.3 Å². The highest BCUT2D eigenvalue weighted by Crippen LogP contribution is 2.45. The Labute approximate surface area is 183 Å². The number of carbonyl (C=O) groups excluding carboxylic acids is 1. The van der Waals surface area contributed by atoms with Crippen LogP contribution >= 0.6 is 0 Å². The van der Waals surface area contributed by atoms with Gasteiger partial charge in [0.05, 0.1) is 17.2 Å². The van der Waals surface area contributed by atoms with Crippen molar-refractivity contribution >= 4 is 22.4 Å². The summed E-state index contributed by atoms with van der Waals surface area (Å²) in [7, 11) is 2.17. The van der Waals surface area contributed by atoms with Gasteiger partial charge in [0.25, 0.3) is 0 Å². The molecule has 5 heteroatoms. The van der Waals surface area contributed by atoms with Gasteiger partial charge in [0.1, 0.15) is 0 Å². The first-order valence-electron chi connectivity index (χ1n) is 11.1. The molecule has 2 heterocycles. The molecule has 1 saturated heterocycles. The van der Waals surface area contributed by atoms with Gasteiger partial charge in [-0.05, 0) is 48.9 Å². The third-order valence-corrected chi connectivity index (χ3v) is 7.14. The Morgan fingerprint density at radius 1 is 1.13 bits per heavy atom. The first-order chi connectivity index (χ1) is 14.8. The summed E-state index contributed by atoms with van der Waals surface area (Å²) in [6, 6.07) is 12.1. The highest BCUT2D eigenvalue weighted by atomic mass is 16.1. The van der Waals surface area contributed by atoms with Crippen LogP contribution in [0.2, 0.25) is 0 Å². The average molecular weight is 413 g/mol. The molecule has 5 nitrogen and oxygen atoms in total. The van der Waals surface area contributed by atoms with E-state index in [0.717, 1.165) is 65.9 Å². The van der Waals surface area contributed by atoms with Gasteiger partial charge in [0.15, 0.2) is 5.78 Å². The van der Waals surface area contributed by atoms with Crippen molar-refractivity contribution in [3.63, 3.8) is 0 Å². The average Bonchev–Trinajstić information content (AvgIpc) is 3.17. The predicted molar refractivity (Wildman–Crippen MR) is 124 cm³/mol. The zero-order chi connectivity index (χ0) is 21.9. The van der Waals surface area contributed by atoms with E-state index in [2.05, 4.69) is 60.8 Å². The van der Waals surface area contributed by atoms with Crippen molar-refractivity contribution < 1.29 is 4.79 Å². The lowest BCUT2D eigenvalue weighted by atomic mass is 9.70. The van der Waals surface area contributed by atoms with Gasteiger partial charge in [-0.3, -0.25) is 4.79 Å². The van der Waals surface area contributed by atoms with Gasteiger partial charge in [-0.2, -0.15) is 5.26 Å². The molecule has 0 radical (unpaired) electrons. The number of aryl methyl sites for hydroxylation is 1. The molecular weight excluding hydrogens is 384 g/mol. The molecule has 158 valence electrons. The number of aromatic nitrogens is 1. The van der Waals surface area contributed by atoms with E-state index in [4.69, 9.17) is 0 Å². The van der Waals surface area contributed by atoms with Gasteiger partial charge < -0.3 is 14.8 Å². The lowest BCUT2D eigenvalue weighted by Gasteiger charge is -2.38. The Balaban J connectivity index is 1.70. The van der Waals surface area contributed by atoms with Gasteiger partial charge in [-0.15, -0.1) is 0 Å². The van der Waals surface area contributed by atoms with Crippen LogP contribution in [0.4, 0.5) is 5.69 Å². The van der Waals surface area contributed by atoms with E-state index < -0.39 is 0 Å². The molecule has 1 aliphatic carbocycles. The molecule has 1 aliphatic heterocycles. The summed E-state index contributed by atoms with van der Waals surface area (Å²) >= 11 is 0. The zero-order valence-corrected chi connectivity index (χ0v) is 18.7. The van der Waals surface area contributed by atoms with Crippen LogP contribution in [0.5, 0.6) is 0 Å². The quantitative estimate of drug-likeness (QED) is 0.684. The lowest BCUT2D eigenvalue weighted by Crippen LogP contribution is -2.45. The number of nitriles is 1. The summed E-state index contributed by atoms with van der Waals surface area (Å²) in [6.45, 7) is 10.7. The normalized spacial score (nSPS) is 18.0. The summed E-state index contributed by atoms with van der Waals surface area (Å²) in [5.41, 5.74) is 7.23. The van der Waals surface area contributed by atoms with Gasteiger partial charge >= 0.3 is 0 Å². The molecule has 0 spiro atoms. The van der Waals surface area contributed by atoms with E-state index >= 15 is 0 Å². The second-order valence-corrected chi connectivity index (χ2v) is 9.37. The number of nitrogens with one attached hydrogen (secondary N) is 1. The zero-order valence-electron chi connectivity index (χ0n) is 18.7. The fraction of sp³-hybridized carbons (Fsp3) is 0.385. The summed E-state index contributed by atoms with van der Waals surface area (Å²) in [4.78, 5) is 22.0. The molecule has 2 aromatic carbocycles. The van der Waals surface area contributed by atoms with Crippen LogP contribution in [0.3, 0.4) is 0 Å². The minimum Gasteiger partial charge on any atom is -0.369 e. The van der Waals surface area contributed by atoms with Crippen LogP contribution in [-0.4, -0.2) is 48.9 Å². The van der Waals surface area contributed by atoms with E-state index in [9.17, 15) is 10.1 Å². The lowest BCUT2D eigenvalue weighted by molar-refractivity contribution is 0.103. The number of hydrogen-bond donors (Lipinski definition) is 1. The van der Waals surface area contributed by atoms with Crippen molar-refractivity contribution in [3.05, 3.63) is 63.8 Å². The summed E-state index contributed by atoms with van der Waals surface area (Å²) in [6.07, 6.45) is 0.898. The van der Waals surface area contributed by atoms with Gasteiger partial charge in [0.2, 0.25) is 0 Å². The Morgan fingerprint density at radius 3 is 2.55 bits per heavy atom. The molecule has 0 amide bonds. The first-order valence-corrected chi connectivity index (χ1v) is 11.1. The molecule has 1 aromatic heterocycles. The molecule has 1 N–H and O–H groups in total. The van der Waals surface area contributed by atoms with Gasteiger partial charge in [0, 0.05) is 59.4 Å². The number of anilines is 1. The highest BCUT2D eigenvalue weighted by molar-refractivity contribution is 6.20. The fourth-order valence-electron chi connectivity index (χ4n) is 5.20. The largest absolute Gasteiger partial charge is 0.369 e. The number of benzene rings is 2. The van der Waals surface area contributed by atoms with E-state index in [-0.39, 0.29) is 11.2 Å². The monoisotopic (exact) mass is 412 g/mol. The molecule has 0 saturated carbocycles. The number of H-pyrrole nitrogens is 1. The smallest absolute Gasteiger partial charge is 0.195 e. The predicted octanol–water partition coefficient (Wildman–Crippen LogP) is 4.22. The van der Waals surface area contributed by atoms with E-state index in [1.54, 1.807) is 6.07 Å². The number of nitrogens with zero attached hydrogens (tertiary/aromatic N) is 3. The number of aromatic amines is 1. The highest BCUT2D eigenvalue weighted by Gasteiger charge is 2.40. The van der Waals surface area contributed by atoms with Crippen molar-refractivity contribution in [1.29, 1.82) is 5.26 Å². The van der Waals surface area contributed by atoms with E-state index in [0.29, 0.717) is 5.56 Å². The Kier molecular flexibility index (Phi) is 4.46. The maximum absolute atomic E-state index is 13.7. The van der Waals surface area contributed by atoms with Crippen LogP contribution in [-0.2, 0) is 11.8 Å². The molecule has 0 bridgehead atoms. The van der Waals surface area contributed by atoms with Gasteiger partial charge in [-0.25, -0.2) is 0 Å². The van der Waals surface area contributed by atoms with Crippen LogP contribution in [0, 0.1) is 11.3 Å². The molecule has 31 heavy (non-hydrogen) atoms. The number of carbonyl (C=O) groups is 1. The van der Waals surface area contributed by atoms with Crippen molar-refractivity contribution in [3.8, 4) is 6.07 Å². The Morgan fingerprint density at radius 2 is 1.87 bits per heavy atom. The van der Waals surface area contributed by atoms with Crippen LogP contribution in [0.1, 0.15) is 59.1 Å². The number of ketones is 1. The van der Waals surface area contributed by atoms with Crippen molar-refractivity contribution in [2.24, 2.45) is 0 Å². The molecule has 2 aliphatic rings. The standard InChI is InChI=1S/C26H28N4O/c1-5-17-13-19-20(14-22(17)30-10-8-29(4)9-11-30)26(2,3)25-23(24(19)31)18-7-6-16(15-27)12-21(18)28-25/h6-7,12-14,28H,5,8-11H2,1-4H3. The molecule has 5 rings (SSSR count). The van der Waals surface area contributed by atoms with Gasteiger partial charge in [-0.1, -0.05) is 26.8 Å². The Bertz CT molecular complexity index is 1250. The number of fused-ring (bicyclic) bond motifs is 4. The maximum Gasteiger partial charge on any atom is 0.195 e. The SMILES string of the molecule is CCc1cc2c(cc1N1CCN(C)CC1)C(C)(C)c1[nH]c3cc(C#N)ccc3c1C2=O. The molecule has 1 fully saturated rings. The second kappa shape index (κ2) is 6.96. The number of piperazine rings is 1. The Hall–Kier alpha value is -3.10. The molecule has 3 aromatic rings. The third-order valence-electron chi connectivity index (χ3n) is 7.14. The van der Waals surface area contributed by atoms with Crippen molar-refractivity contribution in [1.82, 2.24) is 9.88 Å². The van der Waals surface area contributed by atoms with Crippen LogP contribution in [0.15, 0.2) is 30.3 Å². The number of hydrogen-bond acceptors (Lipinski definition) is 4. The fourth-order valence-corrected chi connectivity index (χ4v) is 5.20. The molecular formula is C26H28N4O. The number of rotatable bonds is 2. The van der Waals surface area contributed by atoms with Crippen LogP contribution < -0.4 is 4.90 Å². The van der Waals surface area contributed by atoms with E-state index in [1.807, 2.05) is 12.1 Å². The third kappa shape index (κ3) is 2.90. The number of likely N-dealkylation sites (N-methyl/N-ethyl adjacent to an activating group) is 1. The molecule has 0 atom stereocenters. The first kappa shape index (κ1) is 19.8. The summed E-state index contributed by atoms with van der Waals surface area (Å²) < 4.78 is 0. The minimum absolute atomic E-state index is 0.0833. The molecule has 0 unspecified atom stereocenters.